The van der Waals surface area contributed by atoms with Gasteiger partial charge >= 0.3 is 6.18 Å². The molecule has 19 heavy (non-hydrogen) atoms. The van der Waals surface area contributed by atoms with Gasteiger partial charge in [-0.05, 0) is 6.42 Å². The largest absolute Gasteiger partial charge is 0.411 e. The Bertz CT molecular complexity index is 368. The molecule has 0 spiro atoms. The fourth-order valence-electron chi connectivity index (χ4n) is 1.55. The summed E-state index contributed by atoms with van der Waals surface area (Å²) >= 11 is 0. The van der Waals surface area contributed by atoms with Gasteiger partial charge in [-0.2, -0.15) is 18.3 Å². The predicted molar refractivity (Wildman–Crippen MR) is 62.0 cm³/mol. The van der Waals surface area contributed by atoms with E-state index in [4.69, 9.17) is 5.84 Å². The fraction of sp³-hybridized carbons (Fsp3) is 0.800. The summed E-state index contributed by atoms with van der Waals surface area (Å²) < 4.78 is 42.1. The smallest absolute Gasteiger partial charge is 0.370 e. The maximum Gasteiger partial charge on any atom is 0.411 e. The molecule has 1 rings (SSSR count). The minimum atomic E-state index is -4.33. The maximum atomic E-state index is 11.9. The van der Waals surface area contributed by atoms with E-state index in [0.717, 1.165) is 6.42 Å². The van der Waals surface area contributed by atoms with E-state index in [9.17, 15) is 13.2 Å². The topological polar surface area (TPSA) is 78.0 Å². The molecule has 0 saturated heterocycles. The Hall–Kier alpha value is -1.19. The van der Waals surface area contributed by atoms with Crippen LogP contribution in [0.25, 0.3) is 0 Å². The van der Waals surface area contributed by atoms with Gasteiger partial charge in [0, 0.05) is 13.0 Å². The molecule has 0 aromatic carbocycles. The number of nitrogens with zero attached hydrogens (tertiary/aromatic N) is 3. The molecule has 0 aliphatic carbocycles. The third-order valence-electron chi connectivity index (χ3n) is 2.38. The molecule has 1 atom stereocenters. The number of hydrazine groups is 1. The molecule has 1 aromatic rings. The average Bonchev–Trinajstić information content (AvgIpc) is 2.74. The van der Waals surface area contributed by atoms with Crippen molar-refractivity contribution in [2.75, 3.05) is 13.2 Å². The molecule has 1 aromatic heterocycles. The van der Waals surface area contributed by atoms with E-state index in [2.05, 4.69) is 20.2 Å². The first-order valence-electron chi connectivity index (χ1n) is 5.93. The van der Waals surface area contributed by atoms with Crippen molar-refractivity contribution in [3.63, 3.8) is 0 Å². The van der Waals surface area contributed by atoms with Gasteiger partial charge in [-0.15, -0.1) is 0 Å². The summed E-state index contributed by atoms with van der Waals surface area (Å²) in [6, 6.07) is -0.442. The van der Waals surface area contributed by atoms with Gasteiger partial charge in [0.15, 0.2) is 0 Å². The zero-order valence-corrected chi connectivity index (χ0v) is 10.7. The molecule has 0 aliphatic heterocycles. The second-order valence-corrected chi connectivity index (χ2v) is 4.10. The van der Waals surface area contributed by atoms with Crippen molar-refractivity contribution in [3.8, 4) is 0 Å². The molecule has 110 valence electrons. The van der Waals surface area contributed by atoms with Gasteiger partial charge < -0.3 is 4.74 Å². The second-order valence-electron chi connectivity index (χ2n) is 4.10. The molecule has 0 aliphatic rings. The number of aryl methyl sites for hydroxylation is 1. The number of hydrogen-bond acceptors (Lipinski definition) is 5. The van der Waals surface area contributed by atoms with E-state index in [0.29, 0.717) is 18.8 Å². The molecule has 9 heteroatoms. The summed E-state index contributed by atoms with van der Waals surface area (Å²) in [4.78, 5) is 4.06. The van der Waals surface area contributed by atoms with E-state index in [1.54, 1.807) is 4.68 Å². The summed E-state index contributed by atoms with van der Waals surface area (Å²) in [5, 5.41) is 4.03. The zero-order valence-electron chi connectivity index (χ0n) is 10.7. The monoisotopic (exact) mass is 281 g/mol. The summed E-state index contributed by atoms with van der Waals surface area (Å²) in [7, 11) is 0. The highest BCUT2D eigenvalue weighted by Gasteiger charge is 2.28. The van der Waals surface area contributed by atoms with Gasteiger partial charge in [-0.25, -0.2) is 4.98 Å². The van der Waals surface area contributed by atoms with Crippen molar-refractivity contribution in [2.45, 2.75) is 38.5 Å². The molecular formula is C10H18F3N5O. The van der Waals surface area contributed by atoms with Crippen molar-refractivity contribution in [1.82, 2.24) is 20.2 Å². The minimum Gasteiger partial charge on any atom is -0.370 e. The predicted octanol–water partition coefficient (Wildman–Crippen LogP) is 0.641. The number of halogens is 3. The lowest BCUT2D eigenvalue weighted by Crippen LogP contribution is -2.41. The molecule has 0 amide bonds. The number of hydrogen-bond donors (Lipinski definition) is 2. The van der Waals surface area contributed by atoms with Crippen molar-refractivity contribution < 1.29 is 17.9 Å². The van der Waals surface area contributed by atoms with Crippen LogP contribution < -0.4 is 11.3 Å². The molecule has 0 radical (unpaired) electrons. The highest BCUT2D eigenvalue weighted by atomic mass is 19.4. The van der Waals surface area contributed by atoms with E-state index in [-0.39, 0.29) is 6.61 Å². The highest BCUT2D eigenvalue weighted by molar-refractivity contribution is 4.89. The van der Waals surface area contributed by atoms with Crippen LogP contribution >= 0.6 is 0 Å². The van der Waals surface area contributed by atoms with Gasteiger partial charge in [0.1, 0.15) is 18.8 Å². The lowest BCUT2D eigenvalue weighted by Gasteiger charge is -2.16. The second kappa shape index (κ2) is 7.41. The van der Waals surface area contributed by atoms with Crippen LogP contribution in [0.1, 0.15) is 19.2 Å². The Morgan fingerprint density at radius 2 is 2.26 bits per heavy atom. The lowest BCUT2D eigenvalue weighted by molar-refractivity contribution is -0.175. The quantitative estimate of drug-likeness (QED) is 0.540. The van der Waals surface area contributed by atoms with Crippen LogP contribution in [0.2, 0.25) is 0 Å². The third kappa shape index (κ3) is 5.99. The van der Waals surface area contributed by atoms with Gasteiger partial charge in [0.05, 0.1) is 12.6 Å². The number of nitrogens with one attached hydrogen (secondary N) is 1. The van der Waals surface area contributed by atoms with Gasteiger partial charge in [-0.3, -0.25) is 16.0 Å². The highest BCUT2D eigenvalue weighted by Crippen LogP contribution is 2.14. The first kappa shape index (κ1) is 15.9. The van der Waals surface area contributed by atoms with Gasteiger partial charge in [0.2, 0.25) is 0 Å². The van der Waals surface area contributed by atoms with Crippen LogP contribution in [-0.2, 0) is 17.7 Å². The van der Waals surface area contributed by atoms with Crippen LogP contribution in [0.3, 0.4) is 0 Å². The molecule has 0 saturated carbocycles. The number of aromatic nitrogens is 3. The first-order chi connectivity index (χ1) is 8.96. The summed E-state index contributed by atoms with van der Waals surface area (Å²) in [5.74, 6) is 5.96. The van der Waals surface area contributed by atoms with Gasteiger partial charge in [0.25, 0.3) is 0 Å². The molecule has 1 heterocycles. The molecule has 3 N–H and O–H groups in total. The van der Waals surface area contributed by atoms with E-state index in [1.807, 2.05) is 6.92 Å². The number of rotatable bonds is 8. The maximum absolute atomic E-state index is 11.9. The van der Waals surface area contributed by atoms with Crippen LogP contribution in [-0.4, -0.2) is 40.2 Å². The molecule has 0 bridgehead atoms. The Kier molecular flexibility index (Phi) is 6.19. The third-order valence-corrected chi connectivity index (χ3v) is 2.38. The first-order valence-corrected chi connectivity index (χ1v) is 5.93. The average molecular weight is 281 g/mol. The Morgan fingerprint density at radius 3 is 2.84 bits per heavy atom. The van der Waals surface area contributed by atoms with Crippen LogP contribution in [0.5, 0.6) is 0 Å². The molecular weight excluding hydrogens is 263 g/mol. The Balaban J connectivity index is 2.45. The van der Waals surface area contributed by atoms with Crippen LogP contribution in [0.15, 0.2) is 6.33 Å². The van der Waals surface area contributed by atoms with E-state index in [1.165, 1.54) is 6.33 Å². The van der Waals surface area contributed by atoms with Crippen molar-refractivity contribution in [1.29, 1.82) is 0 Å². The van der Waals surface area contributed by atoms with Crippen LogP contribution in [0.4, 0.5) is 13.2 Å². The molecule has 6 nitrogen and oxygen atoms in total. The Morgan fingerprint density at radius 1 is 1.53 bits per heavy atom. The normalized spacial score (nSPS) is 13.7. The van der Waals surface area contributed by atoms with Crippen molar-refractivity contribution >= 4 is 0 Å². The summed E-state index contributed by atoms with van der Waals surface area (Å²) in [6.07, 6.45) is -1.67. The zero-order chi connectivity index (χ0) is 14.3. The summed E-state index contributed by atoms with van der Waals surface area (Å²) in [6.45, 7) is 1.27. The number of alkyl halides is 3. The Labute approximate surface area is 109 Å². The van der Waals surface area contributed by atoms with Crippen molar-refractivity contribution in [2.24, 2.45) is 5.84 Å². The van der Waals surface area contributed by atoms with Gasteiger partial charge in [-0.1, -0.05) is 6.92 Å². The van der Waals surface area contributed by atoms with E-state index < -0.39 is 18.8 Å². The number of nitrogens with two attached hydrogens (primary N) is 1. The van der Waals surface area contributed by atoms with Crippen LogP contribution in [0, 0.1) is 0 Å². The molecule has 0 fully saturated rings. The van der Waals surface area contributed by atoms with E-state index >= 15 is 0 Å². The summed E-state index contributed by atoms with van der Waals surface area (Å²) in [5.41, 5.74) is 2.42. The minimum absolute atomic E-state index is 0.144. The number of ether oxygens (including phenoxy) is 1. The SMILES string of the molecule is CCCn1ncnc1CC(COCC(F)(F)F)NN. The standard InChI is InChI=1S/C10H18F3N5O/c1-2-3-18-9(15-7-16-18)4-8(17-14)5-19-6-10(11,12)13/h7-8,17H,2-6,14H2,1H3. The molecule has 1 unspecified atom stereocenters. The fourth-order valence-corrected chi connectivity index (χ4v) is 1.55. The van der Waals surface area contributed by atoms with Crippen molar-refractivity contribution in [3.05, 3.63) is 12.2 Å². The lowest BCUT2D eigenvalue weighted by atomic mass is 10.2.